The van der Waals surface area contributed by atoms with Gasteiger partial charge in [-0.1, -0.05) is 434 Å². The molecule has 0 radical (unpaired) electrons. The van der Waals surface area contributed by atoms with E-state index in [1.165, 1.54) is 283 Å². The lowest BCUT2D eigenvalue weighted by molar-refractivity contribution is -0.161. The molecule has 0 aliphatic carbocycles. The van der Waals surface area contributed by atoms with E-state index in [0.29, 0.717) is 25.7 Å². The molecule has 0 saturated carbocycles. The summed E-state index contributed by atoms with van der Waals surface area (Å²) in [4.78, 5) is 73.4. The largest absolute Gasteiger partial charge is 0.472 e. The third-order valence-electron chi connectivity index (χ3n) is 22.7. The summed E-state index contributed by atoms with van der Waals surface area (Å²) < 4.78 is 69.1. The van der Waals surface area contributed by atoms with Gasteiger partial charge in [-0.15, -0.1) is 0 Å². The van der Waals surface area contributed by atoms with Crippen LogP contribution in [0, 0.1) is 23.7 Å². The average Bonchev–Trinajstić information content (AvgIpc) is 0.899. The number of hydrogen-bond donors (Lipinski definition) is 3. The Bertz CT molecular complexity index is 2150. The van der Waals surface area contributed by atoms with Crippen LogP contribution in [0.4, 0.5) is 0 Å². The topological polar surface area (TPSA) is 237 Å². The van der Waals surface area contributed by atoms with Gasteiger partial charge in [-0.25, -0.2) is 9.13 Å². The minimum Gasteiger partial charge on any atom is -0.462 e. The molecule has 0 aromatic heterocycles. The summed E-state index contributed by atoms with van der Waals surface area (Å²) in [6.45, 7) is 14.4. The van der Waals surface area contributed by atoms with Crippen LogP contribution in [0.2, 0.25) is 0 Å². The van der Waals surface area contributed by atoms with E-state index in [1.54, 1.807) is 0 Å². The molecule has 19 heteroatoms. The third kappa shape index (κ3) is 81.6. The van der Waals surface area contributed by atoms with Crippen molar-refractivity contribution >= 4 is 39.5 Å². The van der Waals surface area contributed by atoms with Crippen molar-refractivity contribution in [2.75, 3.05) is 39.6 Å². The number of esters is 4. The Morgan fingerprint density at radius 2 is 0.432 bits per heavy atom. The van der Waals surface area contributed by atoms with E-state index < -0.39 is 97.5 Å². The zero-order valence-corrected chi connectivity index (χ0v) is 75.4. The highest BCUT2D eigenvalue weighted by molar-refractivity contribution is 7.47. The molecular weight excluding hydrogens is 1440 g/mol. The van der Waals surface area contributed by atoms with Gasteiger partial charge in [0.15, 0.2) is 12.2 Å². The maximum absolute atomic E-state index is 13.2. The number of unbranched alkanes of at least 4 members (excludes halogenated alkanes) is 52. The second kappa shape index (κ2) is 80.5. The summed E-state index contributed by atoms with van der Waals surface area (Å²) in [6.07, 6.45) is 72.3. The lowest BCUT2D eigenvalue weighted by atomic mass is 9.99. The summed E-state index contributed by atoms with van der Waals surface area (Å²) in [5.74, 6) is 1.17. The Morgan fingerprint density at radius 3 is 0.640 bits per heavy atom. The standard InChI is InChI=1S/C92H180O17P2/c1-9-83(6)69-61-53-45-39-33-27-20-16-12-14-18-22-29-35-41-47-56-64-72-89(94)102-78-87(108-91(96)74-66-58-48-42-36-30-23-19-15-13-17-21-28-34-40-46-54-62-70-84(7)10-2)80-106-110(98,99)104-76-86(93)77-105-111(100,101)107-81-88(79-103-90(95)73-65-57-51-50-55-63-71-85(8)11-3)109-92(97)75-67-59-49-43-37-31-25-24-26-32-38-44-52-60-68-82(4)5/h82-88,93H,9-81H2,1-8H3,(H,98,99)(H,100,101)/t83?,84?,85?,86-,87-,88-/m1/s1. The van der Waals surface area contributed by atoms with Gasteiger partial charge in [-0.3, -0.25) is 37.3 Å². The van der Waals surface area contributed by atoms with E-state index in [0.717, 1.165) is 120 Å². The number of rotatable bonds is 89. The van der Waals surface area contributed by atoms with Gasteiger partial charge in [0.25, 0.3) is 0 Å². The second-order valence-corrected chi connectivity index (χ2v) is 37.2. The van der Waals surface area contributed by atoms with Crippen molar-refractivity contribution in [1.82, 2.24) is 0 Å². The van der Waals surface area contributed by atoms with Crippen molar-refractivity contribution in [3.05, 3.63) is 0 Å². The highest BCUT2D eigenvalue weighted by atomic mass is 31.2. The maximum atomic E-state index is 13.2. The first-order chi connectivity index (χ1) is 53.7. The molecule has 660 valence electrons. The summed E-state index contributed by atoms with van der Waals surface area (Å²) in [7, 11) is -9.94. The first-order valence-corrected chi connectivity index (χ1v) is 50.3. The fourth-order valence-electron chi connectivity index (χ4n) is 14.3. The summed E-state index contributed by atoms with van der Waals surface area (Å²) in [6, 6.07) is 0. The molecule has 0 amide bonds. The van der Waals surface area contributed by atoms with E-state index in [-0.39, 0.29) is 25.7 Å². The van der Waals surface area contributed by atoms with E-state index in [9.17, 15) is 43.2 Å². The summed E-state index contributed by atoms with van der Waals surface area (Å²) in [5.41, 5.74) is 0. The Kier molecular flexibility index (Phi) is 79.1. The Hall–Kier alpha value is -1.94. The van der Waals surface area contributed by atoms with Crippen LogP contribution in [0.25, 0.3) is 0 Å². The lowest BCUT2D eigenvalue weighted by Crippen LogP contribution is -2.30. The molecule has 111 heavy (non-hydrogen) atoms. The van der Waals surface area contributed by atoms with Crippen molar-refractivity contribution in [3.63, 3.8) is 0 Å². The molecule has 0 heterocycles. The van der Waals surface area contributed by atoms with E-state index in [4.69, 9.17) is 37.0 Å². The first-order valence-electron chi connectivity index (χ1n) is 47.3. The number of aliphatic hydroxyl groups excluding tert-OH is 1. The molecule has 0 bridgehead atoms. The van der Waals surface area contributed by atoms with Gasteiger partial charge in [0.05, 0.1) is 26.4 Å². The highest BCUT2D eigenvalue weighted by Gasteiger charge is 2.31. The van der Waals surface area contributed by atoms with Gasteiger partial charge < -0.3 is 33.8 Å². The average molecular weight is 1620 g/mol. The van der Waals surface area contributed by atoms with Crippen molar-refractivity contribution in [2.45, 2.75) is 504 Å². The number of phosphoric acid groups is 2. The van der Waals surface area contributed by atoms with Crippen molar-refractivity contribution in [1.29, 1.82) is 0 Å². The highest BCUT2D eigenvalue weighted by Crippen LogP contribution is 2.45. The minimum absolute atomic E-state index is 0.107. The van der Waals surface area contributed by atoms with Crippen molar-refractivity contribution < 1.29 is 80.2 Å². The second-order valence-electron chi connectivity index (χ2n) is 34.3. The monoisotopic (exact) mass is 1620 g/mol. The van der Waals surface area contributed by atoms with Crippen LogP contribution in [-0.2, 0) is 65.4 Å². The molecule has 17 nitrogen and oxygen atoms in total. The predicted molar refractivity (Wildman–Crippen MR) is 460 cm³/mol. The maximum Gasteiger partial charge on any atom is 0.472 e. The third-order valence-corrected chi connectivity index (χ3v) is 24.6. The SMILES string of the molecule is CCC(C)CCCCCCCCCCCCCCCCCCCCC(=O)OC[C@H](COP(=O)(O)OC[C@@H](O)COP(=O)(O)OC[C@@H](COC(=O)CCCCCCCCC(C)CC)OC(=O)CCCCCCCCCCCCCCCCC(C)C)OC(=O)CCCCCCCCCCCCCCCCCCCCC(C)CC. The molecule has 3 N–H and O–H groups in total. The molecule has 0 aliphatic rings. The minimum atomic E-state index is -4.97. The van der Waals surface area contributed by atoms with Gasteiger partial charge in [-0.2, -0.15) is 0 Å². The van der Waals surface area contributed by atoms with Gasteiger partial charge in [-0.05, 0) is 49.4 Å². The fourth-order valence-corrected chi connectivity index (χ4v) is 15.9. The molecule has 0 fully saturated rings. The Morgan fingerprint density at radius 1 is 0.252 bits per heavy atom. The first kappa shape index (κ1) is 109. The van der Waals surface area contributed by atoms with Crippen molar-refractivity contribution in [2.24, 2.45) is 23.7 Å². The number of phosphoric ester groups is 2. The van der Waals surface area contributed by atoms with Gasteiger partial charge >= 0.3 is 39.5 Å². The summed E-state index contributed by atoms with van der Waals surface area (Å²) in [5, 5.41) is 10.7. The zero-order valence-electron chi connectivity index (χ0n) is 73.6. The smallest absolute Gasteiger partial charge is 0.462 e. The Labute approximate surface area is 683 Å². The number of ether oxygens (including phenoxy) is 4. The van der Waals surface area contributed by atoms with E-state index in [1.807, 2.05) is 0 Å². The van der Waals surface area contributed by atoms with Crippen LogP contribution >= 0.6 is 15.6 Å². The van der Waals surface area contributed by atoms with Crippen LogP contribution in [0.1, 0.15) is 486 Å². The molecule has 0 spiro atoms. The molecule has 0 saturated heterocycles. The van der Waals surface area contributed by atoms with Crippen LogP contribution in [0.3, 0.4) is 0 Å². The predicted octanol–water partition coefficient (Wildman–Crippen LogP) is 28.3. The van der Waals surface area contributed by atoms with E-state index >= 15 is 0 Å². The lowest BCUT2D eigenvalue weighted by Gasteiger charge is -2.21. The fraction of sp³-hybridized carbons (Fsp3) is 0.957. The van der Waals surface area contributed by atoms with Crippen LogP contribution in [0.5, 0.6) is 0 Å². The number of aliphatic hydroxyl groups is 1. The summed E-state index contributed by atoms with van der Waals surface area (Å²) >= 11 is 0. The van der Waals surface area contributed by atoms with Gasteiger partial charge in [0.2, 0.25) is 0 Å². The molecule has 8 atom stereocenters. The molecule has 5 unspecified atom stereocenters. The number of carbonyl (C=O) groups is 4. The van der Waals surface area contributed by atoms with Crippen LogP contribution < -0.4 is 0 Å². The molecule has 0 aliphatic heterocycles. The molecule has 0 rings (SSSR count). The van der Waals surface area contributed by atoms with Gasteiger partial charge in [0.1, 0.15) is 19.3 Å². The molecule has 0 aromatic rings. The molecular formula is C92H180O17P2. The zero-order chi connectivity index (χ0) is 81.6. The number of hydrogen-bond acceptors (Lipinski definition) is 15. The van der Waals surface area contributed by atoms with Gasteiger partial charge in [0, 0.05) is 25.7 Å². The van der Waals surface area contributed by atoms with Crippen LogP contribution in [-0.4, -0.2) is 96.7 Å². The van der Waals surface area contributed by atoms with Crippen molar-refractivity contribution in [3.8, 4) is 0 Å². The normalized spacial score (nSPS) is 14.6. The van der Waals surface area contributed by atoms with Crippen LogP contribution in [0.15, 0.2) is 0 Å². The molecule has 0 aromatic carbocycles. The quantitative estimate of drug-likeness (QED) is 0.0222. The Balaban J connectivity index is 5.22. The number of carbonyl (C=O) groups excluding carboxylic acids is 4. The van der Waals surface area contributed by atoms with E-state index in [2.05, 4.69) is 55.4 Å².